The molecule has 0 aliphatic rings. The van der Waals surface area contributed by atoms with E-state index in [-0.39, 0.29) is 0 Å². The lowest BCUT2D eigenvalue weighted by atomic mass is 10.1. The molecule has 2 amide bonds. The average Bonchev–Trinajstić information content (AvgIpc) is 3.18. The molecule has 0 saturated heterocycles. The van der Waals surface area contributed by atoms with Crippen molar-refractivity contribution in [1.82, 2.24) is 14.7 Å². The quantitative estimate of drug-likeness (QED) is 0.308. The number of anilines is 1. The molecule has 0 aliphatic heterocycles. The summed E-state index contributed by atoms with van der Waals surface area (Å²) in [6.45, 7) is 1.20. The largest absolute Gasteiger partial charge is 0.405 e. The van der Waals surface area contributed by atoms with Crippen molar-refractivity contribution < 1.29 is 27.5 Å². The molecule has 1 aromatic carbocycles. The highest BCUT2D eigenvalue weighted by atomic mass is 19.4. The Morgan fingerprint density at radius 3 is 2.78 bits per heavy atom. The molecule has 8 nitrogen and oxygen atoms in total. The first-order valence-corrected chi connectivity index (χ1v) is 9.62. The molecular weight excluding hydrogens is 427 g/mol. The number of nitrogens with zero attached hydrogens (tertiary/aromatic N) is 3. The molecule has 0 fully saturated rings. The lowest BCUT2D eigenvalue weighted by Gasteiger charge is -2.11. The first kappa shape index (κ1) is 23.1. The van der Waals surface area contributed by atoms with Crippen molar-refractivity contribution in [3.63, 3.8) is 0 Å². The van der Waals surface area contributed by atoms with E-state index in [1.165, 1.54) is 0 Å². The Hall–Kier alpha value is -3.60. The number of fused-ring (bicyclic) bond motifs is 1. The van der Waals surface area contributed by atoms with Crippen LogP contribution in [0.3, 0.4) is 0 Å². The number of hydrogen-bond donors (Lipinski definition) is 2. The van der Waals surface area contributed by atoms with E-state index in [9.17, 15) is 18.0 Å². The molecule has 170 valence electrons. The maximum Gasteiger partial charge on any atom is 0.405 e. The number of pyridine rings is 1. The van der Waals surface area contributed by atoms with Crippen LogP contribution in [0.25, 0.3) is 16.9 Å². The fraction of sp³-hybridized carbons (Fsp3) is 0.286. The minimum absolute atomic E-state index is 0.349. The summed E-state index contributed by atoms with van der Waals surface area (Å²) < 4.78 is 43.5. The van der Waals surface area contributed by atoms with Gasteiger partial charge >= 0.3 is 12.2 Å². The molecule has 2 N–H and O–H groups in total. The summed E-state index contributed by atoms with van der Waals surface area (Å²) in [6.07, 6.45) is -0.978. The first-order chi connectivity index (χ1) is 15.3. The summed E-state index contributed by atoms with van der Waals surface area (Å²) in [5, 5.41) is 8.23. The number of carbonyl (C=O) groups excluding carboxylic acids is 1. The highest BCUT2D eigenvalue weighted by Crippen LogP contribution is 2.24. The fourth-order valence-electron chi connectivity index (χ4n) is 2.85. The van der Waals surface area contributed by atoms with Gasteiger partial charge < -0.3 is 20.2 Å². The smallest absolute Gasteiger partial charge is 0.393 e. The Bertz CT molecular complexity index is 1110. The van der Waals surface area contributed by atoms with Gasteiger partial charge in [-0.25, -0.2) is 9.78 Å². The maximum absolute atomic E-state index is 12.3. The second-order valence-corrected chi connectivity index (χ2v) is 6.79. The number of imidazole rings is 1. The number of oxime groups is 1. The van der Waals surface area contributed by atoms with Gasteiger partial charge in [0.05, 0.1) is 24.2 Å². The van der Waals surface area contributed by atoms with E-state index in [4.69, 9.17) is 9.57 Å². The summed E-state index contributed by atoms with van der Waals surface area (Å²) in [5.41, 5.74) is 4.02. The van der Waals surface area contributed by atoms with Gasteiger partial charge in [-0.3, -0.25) is 4.40 Å². The van der Waals surface area contributed by atoms with Crippen molar-refractivity contribution >= 4 is 23.1 Å². The molecule has 0 bridgehead atoms. The van der Waals surface area contributed by atoms with Crippen LogP contribution in [-0.2, 0) is 9.57 Å². The predicted molar refractivity (Wildman–Crippen MR) is 114 cm³/mol. The van der Waals surface area contributed by atoms with E-state index in [1.54, 1.807) is 36.8 Å². The number of alkyl halides is 3. The molecule has 0 unspecified atom stereocenters. The lowest BCUT2D eigenvalue weighted by Crippen LogP contribution is -2.36. The van der Waals surface area contributed by atoms with Crippen LogP contribution in [0.1, 0.15) is 12.5 Å². The van der Waals surface area contributed by atoms with Crippen molar-refractivity contribution in [3.8, 4) is 11.3 Å². The van der Waals surface area contributed by atoms with Gasteiger partial charge in [-0.05, 0) is 31.2 Å². The van der Waals surface area contributed by atoms with Crippen LogP contribution in [0, 0.1) is 0 Å². The van der Waals surface area contributed by atoms with Crippen LogP contribution in [0.15, 0.2) is 53.9 Å². The third kappa shape index (κ3) is 6.20. The van der Waals surface area contributed by atoms with E-state index >= 15 is 0 Å². The Kier molecular flexibility index (Phi) is 7.31. The van der Waals surface area contributed by atoms with Gasteiger partial charge in [-0.15, -0.1) is 0 Å². The summed E-state index contributed by atoms with van der Waals surface area (Å²) >= 11 is 0. The molecule has 0 aliphatic carbocycles. The SMILES string of the molecule is COCCON=C(C)c1ccn2c(-c3cccc(NC(=O)NCC(F)(F)F)c3)cnc2c1. The third-order valence-corrected chi connectivity index (χ3v) is 4.38. The van der Waals surface area contributed by atoms with Gasteiger partial charge in [0, 0.05) is 30.1 Å². The minimum Gasteiger partial charge on any atom is -0.393 e. The number of ether oxygens (including phenoxy) is 1. The van der Waals surface area contributed by atoms with E-state index in [1.807, 2.05) is 35.7 Å². The van der Waals surface area contributed by atoms with Crippen LogP contribution in [0.5, 0.6) is 0 Å². The minimum atomic E-state index is -4.48. The number of methoxy groups -OCH3 is 1. The normalized spacial score (nSPS) is 12.1. The molecular formula is C21H22F3N5O3. The van der Waals surface area contributed by atoms with E-state index in [2.05, 4.69) is 15.5 Å². The molecule has 11 heteroatoms. The number of halogens is 3. The van der Waals surface area contributed by atoms with Crippen LogP contribution < -0.4 is 10.6 Å². The Morgan fingerprint density at radius 2 is 2.03 bits per heavy atom. The molecule has 0 spiro atoms. The summed E-state index contributed by atoms with van der Waals surface area (Å²) in [4.78, 5) is 21.3. The topological polar surface area (TPSA) is 89.3 Å². The van der Waals surface area contributed by atoms with Gasteiger partial charge in [0.15, 0.2) is 0 Å². The average molecular weight is 449 g/mol. The lowest BCUT2D eigenvalue weighted by molar-refractivity contribution is -0.122. The molecule has 3 aromatic rings. The van der Waals surface area contributed by atoms with Crippen molar-refractivity contribution in [2.24, 2.45) is 5.16 Å². The molecule has 2 aromatic heterocycles. The van der Waals surface area contributed by atoms with Crippen molar-refractivity contribution in [2.75, 3.05) is 32.2 Å². The van der Waals surface area contributed by atoms with E-state index in [0.29, 0.717) is 30.3 Å². The van der Waals surface area contributed by atoms with Gasteiger partial charge in [0.25, 0.3) is 0 Å². The number of nitrogens with one attached hydrogen (secondary N) is 2. The molecule has 3 rings (SSSR count). The second-order valence-electron chi connectivity index (χ2n) is 6.79. The van der Waals surface area contributed by atoms with Crippen molar-refractivity contribution in [3.05, 3.63) is 54.4 Å². The first-order valence-electron chi connectivity index (χ1n) is 9.62. The summed E-state index contributed by atoms with van der Waals surface area (Å²) in [6, 6.07) is 9.52. The maximum atomic E-state index is 12.3. The molecule has 0 radical (unpaired) electrons. The van der Waals surface area contributed by atoms with Gasteiger partial charge in [-0.1, -0.05) is 17.3 Å². The Labute approximate surface area is 182 Å². The standard InChI is InChI=1S/C21H22F3N5O3/c1-14(28-32-9-8-31-2)15-6-7-29-18(12-25-19(29)11-15)16-4-3-5-17(10-16)27-20(30)26-13-21(22,23)24/h3-7,10-12H,8-9,13H2,1-2H3,(H2,26,27,30). The highest BCUT2D eigenvalue weighted by Gasteiger charge is 2.27. The number of benzene rings is 1. The van der Waals surface area contributed by atoms with E-state index < -0.39 is 18.8 Å². The number of carbonyl (C=O) groups is 1. The number of hydrogen-bond acceptors (Lipinski definition) is 5. The molecule has 2 heterocycles. The van der Waals surface area contributed by atoms with E-state index in [0.717, 1.165) is 16.8 Å². The zero-order valence-corrected chi connectivity index (χ0v) is 17.4. The summed E-state index contributed by atoms with van der Waals surface area (Å²) in [7, 11) is 1.58. The number of rotatable bonds is 8. The summed E-state index contributed by atoms with van der Waals surface area (Å²) in [5.74, 6) is 0. The number of aromatic nitrogens is 2. The zero-order valence-electron chi connectivity index (χ0n) is 17.4. The van der Waals surface area contributed by atoms with Gasteiger partial charge in [-0.2, -0.15) is 13.2 Å². The number of amides is 2. The Morgan fingerprint density at radius 1 is 1.22 bits per heavy atom. The fourth-order valence-corrected chi connectivity index (χ4v) is 2.85. The van der Waals surface area contributed by atoms with Crippen molar-refractivity contribution in [2.45, 2.75) is 13.1 Å². The monoisotopic (exact) mass is 449 g/mol. The molecule has 0 saturated carbocycles. The van der Waals surface area contributed by atoms with Crippen LogP contribution in [0.4, 0.5) is 23.7 Å². The zero-order chi connectivity index (χ0) is 23.1. The molecule has 32 heavy (non-hydrogen) atoms. The van der Waals surface area contributed by atoms with Crippen molar-refractivity contribution in [1.29, 1.82) is 0 Å². The van der Waals surface area contributed by atoms with Crippen LogP contribution in [0.2, 0.25) is 0 Å². The second kappa shape index (κ2) is 10.1. The van der Waals surface area contributed by atoms with Crippen LogP contribution >= 0.6 is 0 Å². The highest BCUT2D eigenvalue weighted by molar-refractivity contribution is 5.99. The van der Waals surface area contributed by atoms with Gasteiger partial charge in [0.2, 0.25) is 0 Å². The Balaban J connectivity index is 1.76. The van der Waals surface area contributed by atoms with Gasteiger partial charge in [0.1, 0.15) is 18.8 Å². The molecule has 0 atom stereocenters. The number of urea groups is 1. The third-order valence-electron chi connectivity index (χ3n) is 4.38. The van der Waals surface area contributed by atoms with Crippen LogP contribution in [-0.4, -0.2) is 54.2 Å². The predicted octanol–water partition coefficient (Wildman–Crippen LogP) is 4.07.